The van der Waals surface area contributed by atoms with Crippen molar-refractivity contribution in [3.8, 4) is 0 Å². The molecular formula is C12H17FN2O2. The van der Waals surface area contributed by atoms with Gasteiger partial charge in [-0.15, -0.1) is 0 Å². The Morgan fingerprint density at radius 2 is 2.06 bits per heavy atom. The number of methoxy groups -OCH3 is 1. The molecule has 2 N–H and O–H groups in total. The lowest BCUT2D eigenvalue weighted by molar-refractivity contribution is -0.119. The van der Waals surface area contributed by atoms with Crippen molar-refractivity contribution in [3.63, 3.8) is 0 Å². The number of amides is 1. The van der Waals surface area contributed by atoms with E-state index in [-0.39, 0.29) is 18.3 Å². The van der Waals surface area contributed by atoms with Crippen LogP contribution in [0.25, 0.3) is 0 Å². The van der Waals surface area contributed by atoms with Gasteiger partial charge in [0.1, 0.15) is 5.82 Å². The Morgan fingerprint density at radius 1 is 1.41 bits per heavy atom. The number of primary amides is 1. The molecule has 0 aliphatic rings. The van der Waals surface area contributed by atoms with Gasteiger partial charge in [-0.05, 0) is 17.7 Å². The van der Waals surface area contributed by atoms with Gasteiger partial charge < -0.3 is 10.5 Å². The van der Waals surface area contributed by atoms with Crippen LogP contribution in [0, 0.1) is 5.82 Å². The molecule has 4 nitrogen and oxygen atoms in total. The first-order valence-electron chi connectivity index (χ1n) is 5.36. The Hall–Kier alpha value is -1.46. The third kappa shape index (κ3) is 5.42. The molecular weight excluding hydrogens is 223 g/mol. The molecule has 94 valence electrons. The smallest absolute Gasteiger partial charge is 0.231 e. The summed E-state index contributed by atoms with van der Waals surface area (Å²) in [4.78, 5) is 12.8. The third-order valence-corrected chi connectivity index (χ3v) is 2.31. The van der Waals surface area contributed by atoms with Crippen molar-refractivity contribution in [1.82, 2.24) is 4.90 Å². The second-order valence-electron chi connectivity index (χ2n) is 3.80. The average Bonchev–Trinajstić information content (AvgIpc) is 2.28. The number of hydrogen-bond acceptors (Lipinski definition) is 3. The van der Waals surface area contributed by atoms with Gasteiger partial charge in [0.15, 0.2) is 0 Å². The van der Waals surface area contributed by atoms with Gasteiger partial charge in [0, 0.05) is 20.2 Å². The van der Waals surface area contributed by atoms with Crippen LogP contribution in [0.15, 0.2) is 24.3 Å². The normalized spacial score (nSPS) is 10.8. The van der Waals surface area contributed by atoms with Crippen LogP contribution in [0.4, 0.5) is 4.39 Å². The molecule has 0 aromatic heterocycles. The molecule has 1 aromatic carbocycles. The van der Waals surface area contributed by atoms with E-state index >= 15 is 0 Å². The van der Waals surface area contributed by atoms with Crippen LogP contribution < -0.4 is 5.73 Å². The Kier molecular flexibility index (Phi) is 5.59. The maximum absolute atomic E-state index is 12.7. The standard InChI is InChI=1S/C12H17FN2O2/c1-17-7-6-15(9-12(14)16)8-10-2-4-11(13)5-3-10/h2-5H,6-9H2,1H3,(H2,14,16). The summed E-state index contributed by atoms with van der Waals surface area (Å²) >= 11 is 0. The zero-order valence-corrected chi connectivity index (χ0v) is 9.86. The van der Waals surface area contributed by atoms with Crippen molar-refractivity contribution < 1.29 is 13.9 Å². The monoisotopic (exact) mass is 240 g/mol. The molecule has 5 heteroatoms. The molecule has 1 rings (SSSR count). The zero-order valence-electron chi connectivity index (χ0n) is 9.86. The summed E-state index contributed by atoms with van der Waals surface area (Å²) in [5.74, 6) is -0.657. The van der Waals surface area contributed by atoms with Gasteiger partial charge >= 0.3 is 0 Å². The van der Waals surface area contributed by atoms with E-state index < -0.39 is 0 Å². The fourth-order valence-electron chi connectivity index (χ4n) is 1.50. The predicted molar refractivity (Wildman–Crippen MR) is 62.7 cm³/mol. The number of hydrogen-bond donors (Lipinski definition) is 1. The first kappa shape index (κ1) is 13.6. The molecule has 0 atom stereocenters. The number of rotatable bonds is 7. The minimum atomic E-state index is -0.386. The van der Waals surface area contributed by atoms with E-state index in [0.29, 0.717) is 19.7 Å². The summed E-state index contributed by atoms with van der Waals surface area (Å²) in [5.41, 5.74) is 6.10. The van der Waals surface area contributed by atoms with Crippen molar-refractivity contribution in [2.75, 3.05) is 26.8 Å². The fraction of sp³-hybridized carbons (Fsp3) is 0.417. The quantitative estimate of drug-likeness (QED) is 0.765. The van der Waals surface area contributed by atoms with Crippen LogP contribution >= 0.6 is 0 Å². The Balaban J connectivity index is 2.57. The van der Waals surface area contributed by atoms with E-state index in [1.807, 2.05) is 4.90 Å². The molecule has 0 bridgehead atoms. The van der Waals surface area contributed by atoms with Gasteiger partial charge in [-0.1, -0.05) is 12.1 Å². The average molecular weight is 240 g/mol. The molecule has 0 heterocycles. The molecule has 1 amide bonds. The minimum Gasteiger partial charge on any atom is -0.383 e. The van der Waals surface area contributed by atoms with Crippen LogP contribution in [-0.4, -0.2) is 37.6 Å². The minimum absolute atomic E-state index is 0.167. The van der Waals surface area contributed by atoms with Crippen LogP contribution in [0.2, 0.25) is 0 Å². The summed E-state index contributed by atoms with van der Waals surface area (Å²) < 4.78 is 17.7. The second kappa shape index (κ2) is 6.98. The van der Waals surface area contributed by atoms with Crippen LogP contribution in [0.5, 0.6) is 0 Å². The van der Waals surface area contributed by atoms with Crippen molar-refractivity contribution in [2.45, 2.75) is 6.54 Å². The molecule has 17 heavy (non-hydrogen) atoms. The molecule has 0 radical (unpaired) electrons. The lowest BCUT2D eigenvalue weighted by Gasteiger charge is -2.20. The fourth-order valence-corrected chi connectivity index (χ4v) is 1.50. The molecule has 0 spiro atoms. The lowest BCUT2D eigenvalue weighted by atomic mass is 10.2. The first-order chi connectivity index (χ1) is 8.11. The SMILES string of the molecule is COCCN(CC(N)=O)Cc1ccc(F)cc1. The summed E-state index contributed by atoms with van der Waals surface area (Å²) in [6, 6.07) is 6.18. The molecule has 0 fully saturated rings. The van der Waals surface area contributed by atoms with Crippen molar-refractivity contribution in [3.05, 3.63) is 35.6 Å². The Morgan fingerprint density at radius 3 is 2.59 bits per heavy atom. The van der Waals surface area contributed by atoms with Crippen molar-refractivity contribution in [2.24, 2.45) is 5.73 Å². The zero-order chi connectivity index (χ0) is 12.7. The Labute approximate surface area is 100 Å². The van der Waals surface area contributed by atoms with Crippen LogP contribution in [-0.2, 0) is 16.1 Å². The number of benzene rings is 1. The lowest BCUT2D eigenvalue weighted by Crippen LogP contribution is -2.35. The number of nitrogens with two attached hydrogens (primary N) is 1. The van der Waals surface area contributed by atoms with Gasteiger partial charge in [-0.25, -0.2) is 4.39 Å². The van der Waals surface area contributed by atoms with E-state index in [1.54, 1.807) is 19.2 Å². The number of carbonyl (C=O) groups is 1. The van der Waals surface area contributed by atoms with Crippen LogP contribution in [0.1, 0.15) is 5.56 Å². The Bertz CT molecular complexity index is 354. The van der Waals surface area contributed by atoms with E-state index in [2.05, 4.69) is 0 Å². The molecule has 1 aromatic rings. The van der Waals surface area contributed by atoms with Gasteiger partial charge in [0.2, 0.25) is 5.91 Å². The summed E-state index contributed by atoms with van der Waals surface area (Å²) in [6.45, 7) is 1.85. The molecule has 0 saturated carbocycles. The van der Waals surface area contributed by atoms with Gasteiger partial charge in [0.05, 0.1) is 13.2 Å². The van der Waals surface area contributed by atoms with Crippen LogP contribution in [0.3, 0.4) is 0 Å². The first-order valence-corrected chi connectivity index (χ1v) is 5.36. The second-order valence-corrected chi connectivity index (χ2v) is 3.80. The highest BCUT2D eigenvalue weighted by Crippen LogP contribution is 2.06. The van der Waals surface area contributed by atoms with Crippen molar-refractivity contribution >= 4 is 5.91 Å². The van der Waals surface area contributed by atoms with Crippen molar-refractivity contribution in [1.29, 1.82) is 0 Å². The third-order valence-electron chi connectivity index (χ3n) is 2.31. The highest BCUT2D eigenvalue weighted by atomic mass is 19.1. The maximum atomic E-state index is 12.7. The largest absolute Gasteiger partial charge is 0.383 e. The number of nitrogens with zero attached hydrogens (tertiary/aromatic N) is 1. The van der Waals surface area contributed by atoms with E-state index in [0.717, 1.165) is 5.56 Å². The number of halogens is 1. The highest BCUT2D eigenvalue weighted by molar-refractivity contribution is 5.75. The maximum Gasteiger partial charge on any atom is 0.231 e. The molecule has 0 aliphatic heterocycles. The van der Waals surface area contributed by atoms with Gasteiger partial charge in [0.25, 0.3) is 0 Å². The summed E-state index contributed by atoms with van der Waals surface area (Å²) in [6.07, 6.45) is 0. The highest BCUT2D eigenvalue weighted by Gasteiger charge is 2.08. The van der Waals surface area contributed by atoms with Gasteiger partial charge in [-0.2, -0.15) is 0 Å². The molecule has 0 aliphatic carbocycles. The topological polar surface area (TPSA) is 55.6 Å². The molecule has 0 saturated heterocycles. The van der Waals surface area contributed by atoms with E-state index in [9.17, 15) is 9.18 Å². The summed E-state index contributed by atoms with van der Waals surface area (Å²) in [5, 5.41) is 0. The van der Waals surface area contributed by atoms with Gasteiger partial charge in [-0.3, -0.25) is 9.69 Å². The number of ether oxygens (including phenoxy) is 1. The van der Waals surface area contributed by atoms with E-state index in [1.165, 1.54) is 12.1 Å². The van der Waals surface area contributed by atoms with E-state index in [4.69, 9.17) is 10.5 Å². The number of carbonyl (C=O) groups excluding carboxylic acids is 1. The summed E-state index contributed by atoms with van der Waals surface area (Å²) in [7, 11) is 1.60. The molecule has 0 unspecified atom stereocenters. The predicted octanol–water partition coefficient (Wildman–Crippen LogP) is 0.759.